The molecule has 1 aromatic rings. The van der Waals surface area contributed by atoms with Gasteiger partial charge in [0.25, 0.3) is 5.91 Å². The van der Waals surface area contributed by atoms with Gasteiger partial charge in [-0.3, -0.25) is 14.6 Å². The van der Waals surface area contributed by atoms with Gasteiger partial charge in [0.1, 0.15) is 0 Å². The minimum absolute atomic E-state index is 0.0695. The molecule has 1 fully saturated rings. The van der Waals surface area contributed by atoms with E-state index in [4.69, 9.17) is 5.11 Å². The number of pyridine rings is 1. The van der Waals surface area contributed by atoms with E-state index in [2.05, 4.69) is 4.98 Å². The van der Waals surface area contributed by atoms with Crippen molar-refractivity contribution in [3.05, 3.63) is 29.6 Å². The van der Waals surface area contributed by atoms with Crippen LogP contribution in [0.2, 0.25) is 0 Å². The van der Waals surface area contributed by atoms with Gasteiger partial charge in [-0.25, -0.2) is 0 Å². The van der Waals surface area contributed by atoms with Gasteiger partial charge in [-0.1, -0.05) is 0 Å². The van der Waals surface area contributed by atoms with Crippen molar-refractivity contribution >= 4 is 11.9 Å². The van der Waals surface area contributed by atoms with Crippen LogP contribution in [-0.4, -0.2) is 40.0 Å². The van der Waals surface area contributed by atoms with E-state index < -0.39 is 11.4 Å². The molecule has 0 unspecified atom stereocenters. The zero-order valence-electron chi connectivity index (χ0n) is 11.2. The molecule has 0 saturated carbocycles. The number of aromatic nitrogens is 1. The van der Waals surface area contributed by atoms with E-state index in [9.17, 15) is 9.59 Å². The topological polar surface area (TPSA) is 70.5 Å². The Bertz CT molecular complexity index is 488. The first-order valence-electron chi connectivity index (χ1n) is 6.38. The molecule has 2 heterocycles. The largest absolute Gasteiger partial charge is 0.481 e. The lowest BCUT2D eigenvalue weighted by molar-refractivity contribution is -0.150. The zero-order valence-corrected chi connectivity index (χ0v) is 11.2. The van der Waals surface area contributed by atoms with Crippen LogP contribution in [0.25, 0.3) is 0 Å². The molecule has 2 rings (SSSR count). The first-order valence-corrected chi connectivity index (χ1v) is 6.38. The number of nitrogens with zero attached hydrogens (tertiary/aromatic N) is 2. The van der Waals surface area contributed by atoms with E-state index in [-0.39, 0.29) is 5.91 Å². The van der Waals surface area contributed by atoms with E-state index in [0.29, 0.717) is 31.5 Å². The van der Waals surface area contributed by atoms with Crippen LogP contribution in [-0.2, 0) is 4.79 Å². The highest BCUT2D eigenvalue weighted by atomic mass is 16.4. The number of aliphatic carboxylic acids is 1. The number of piperidine rings is 1. The SMILES string of the molecule is Cc1ccc(C(=O)N2CCC(C)(C(=O)O)CC2)cn1. The Labute approximate surface area is 112 Å². The van der Waals surface area contributed by atoms with Gasteiger partial charge in [-0.05, 0) is 38.8 Å². The molecular weight excluding hydrogens is 244 g/mol. The molecule has 1 aromatic heterocycles. The highest BCUT2D eigenvalue weighted by Crippen LogP contribution is 2.31. The summed E-state index contributed by atoms with van der Waals surface area (Å²) in [5.74, 6) is -0.850. The molecule has 5 heteroatoms. The van der Waals surface area contributed by atoms with Crippen molar-refractivity contribution in [2.24, 2.45) is 5.41 Å². The number of hydrogen-bond donors (Lipinski definition) is 1. The Morgan fingerprint density at radius 2 is 1.95 bits per heavy atom. The summed E-state index contributed by atoms with van der Waals surface area (Å²) in [5.41, 5.74) is 0.723. The van der Waals surface area contributed by atoms with Crippen LogP contribution in [0.3, 0.4) is 0 Å². The molecule has 5 nitrogen and oxygen atoms in total. The fraction of sp³-hybridized carbons (Fsp3) is 0.500. The van der Waals surface area contributed by atoms with E-state index in [1.54, 1.807) is 30.2 Å². The molecule has 1 N–H and O–H groups in total. The highest BCUT2D eigenvalue weighted by molar-refractivity contribution is 5.94. The summed E-state index contributed by atoms with van der Waals surface area (Å²) in [7, 11) is 0. The molecule has 0 radical (unpaired) electrons. The summed E-state index contributed by atoms with van der Waals surface area (Å²) in [6.07, 6.45) is 2.56. The molecule has 1 aliphatic rings. The van der Waals surface area contributed by atoms with Crippen molar-refractivity contribution < 1.29 is 14.7 Å². The van der Waals surface area contributed by atoms with Crippen LogP contribution in [0, 0.1) is 12.3 Å². The van der Waals surface area contributed by atoms with E-state index in [0.717, 1.165) is 5.69 Å². The first-order chi connectivity index (χ1) is 8.92. The van der Waals surface area contributed by atoms with Gasteiger partial charge in [0, 0.05) is 25.0 Å². The fourth-order valence-electron chi connectivity index (χ4n) is 2.19. The van der Waals surface area contributed by atoms with Crippen LogP contribution in [0.15, 0.2) is 18.3 Å². The summed E-state index contributed by atoms with van der Waals surface area (Å²) in [6, 6.07) is 3.56. The van der Waals surface area contributed by atoms with Crippen molar-refractivity contribution in [1.82, 2.24) is 9.88 Å². The van der Waals surface area contributed by atoms with E-state index in [1.165, 1.54) is 0 Å². The van der Waals surface area contributed by atoms with Gasteiger partial charge >= 0.3 is 5.97 Å². The van der Waals surface area contributed by atoms with Crippen LogP contribution >= 0.6 is 0 Å². The predicted octanol–water partition coefficient (Wildman–Crippen LogP) is 1.72. The van der Waals surface area contributed by atoms with Crippen LogP contribution in [0.1, 0.15) is 35.8 Å². The first kappa shape index (κ1) is 13.5. The number of likely N-dealkylation sites (tertiary alicyclic amines) is 1. The summed E-state index contributed by atoms with van der Waals surface area (Å²) in [6.45, 7) is 4.57. The van der Waals surface area contributed by atoms with Crippen LogP contribution < -0.4 is 0 Å². The van der Waals surface area contributed by atoms with Crippen molar-refractivity contribution in [3.8, 4) is 0 Å². The van der Waals surface area contributed by atoms with Gasteiger partial charge in [0.05, 0.1) is 11.0 Å². The minimum atomic E-state index is -0.781. The number of hydrogen-bond acceptors (Lipinski definition) is 3. The third kappa shape index (κ3) is 2.75. The second kappa shape index (κ2) is 4.99. The van der Waals surface area contributed by atoms with Gasteiger partial charge in [-0.2, -0.15) is 0 Å². The molecular formula is C14H18N2O3. The fourth-order valence-corrected chi connectivity index (χ4v) is 2.19. The molecule has 0 aliphatic carbocycles. The second-order valence-corrected chi connectivity index (χ2v) is 5.35. The minimum Gasteiger partial charge on any atom is -0.481 e. The van der Waals surface area contributed by atoms with Gasteiger partial charge in [0.2, 0.25) is 0 Å². The smallest absolute Gasteiger partial charge is 0.309 e. The molecule has 0 atom stereocenters. The number of carbonyl (C=O) groups is 2. The third-order valence-electron chi connectivity index (χ3n) is 3.83. The molecule has 1 amide bonds. The summed E-state index contributed by atoms with van der Waals surface area (Å²) < 4.78 is 0. The highest BCUT2D eigenvalue weighted by Gasteiger charge is 2.38. The van der Waals surface area contributed by atoms with Crippen molar-refractivity contribution in [3.63, 3.8) is 0 Å². The number of amides is 1. The number of aryl methyl sites for hydroxylation is 1. The number of carboxylic acid groups (broad SMARTS) is 1. The average Bonchev–Trinajstić information content (AvgIpc) is 2.39. The van der Waals surface area contributed by atoms with Crippen molar-refractivity contribution in [2.45, 2.75) is 26.7 Å². The normalized spacial score (nSPS) is 18.1. The van der Waals surface area contributed by atoms with Gasteiger partial charge < -0.3 is 10.0 Å². The van der Waals surface area contributed by atoms with E-state index in [1.807, 2.05) is 6.92 Å². The Balaban J connectivity index is 2.04. The van der Waals surface area contributed by atoms with Crippen molar-refractivity contribution in [1.29, 1.82) is 0 Å². The maximum atomic E-state index is 12.2. The molecule has 1 aliphatic heterocycles. The van der Waals surface area contributed by atoms with Crippen LogP contribution in [0.5, 0.6) is 0 Å². The molecule has 102 valence electrons. The van der Waals surface area contributed by atoms with Gasteiger partial charge in [-0.15, -0.1) is 0 Å². The van der Waals surface area contributed by atoms with Crippen LogP contribution in [0.4, 0.5) is 0 Å². The average molecular weight is 262 g/mol. The molecule has 0 spiro atoms. The Kier molecular flexibility index (Phi) is 3.55. The molecule has 1 saturated heterocycles. The predicted molar refractivity (Wildman–Crippen MR) is 69.9 cm³/mol. The Morgan fingerprint density at radius 1 is 1.32 bits per heavy atom. The number of carboxylic acids is 1. The Morgan fingerprint density at radius 3 is 2.42 bits per heavy atom. The summed E-state index contributed by atoms with van der Waals surface area (Å²) in [4.78, 5) is 29.2. The lowest BCUT2D eigenvalue weighted by atomic mass is 9.80. The van der Waals surface area contributed by atoms with E-state index >= 15 is 0 Å². The zero-order chi connectivity index (χ0) is 14.0. The third-order valence-corrected chi connectivity index (χ3v) is 3.83. The number of rotatable bonds is 2. The lowest BCUT2D eigenvalue weighted by Gasteiger charge is -2.36. The number of carbonyl (C=O) groups excluding carboxylic acids is 1. The molecule has 0 aromatic carbocycles. The van der Waals surface area contributed by atoms with Crippen molar-refractivity contribution in [2.75, 3.05) is 13.1 Å². The molecule has 0 bridgehead atoms. The quantitative estimate of drug-likeness (QED) is 0.881. The molecule has 19 heavy (non-hydrogen) atoms. The van der Waals surface area contributed by atoms with Gasteiger partial charge in [0.15, 0.2) is 0 Å². The summed E-state index contributed by atoms with van der Waals surface area (Å²) in [5, 5.41) is 9.16. The Hall–Kier alpha value is -1.91. The maximum Gasteiger partial charge on any atom is 0.309 e. The standard InChI is InChI=1S/C14H18N2O3/c1-10-3-4-11(9-15-10)12(17)16-7-5-14(2,6-8-16)13(18)19/h3-4,9H,5-8H2,1-2H3,(H,18,19). The lowest BCUT2D eigenvalue weighted by Crippen LogP contribution is -2.45. The maximum absolute atomic E-state index is 12.2. The summed E-state index contributed by atoms with van der Waals surface area (Å²) >= 11 is 0. The second-order valence-electron chi connectivity index (χ2n) is 5.35. The monoisotopic (exact) mass is 262 g/mol.